The van der Waals surface area contributed by atoms with Gasteiger partial charge in [-0.3, -0.25) is 9.59 Å². The summed E-state index contributed by atoms with van der Waals surface area (Å²) in [4.78, 5) is 28.0. The van der Waals surface area contributed by atoms with Crippen LogP contribution in [0, 0.1) is 0 Å². The number of carbonyl (C=O) groups excluding carboxylic acids is 2. The second kappa shape index (κ2) is 7.82. The van der Waals surface area contributed by atoms with Gasteiger partial charge in [0.25, 0.3) is 5.91 Å². The molecule has 0 atom stereocenters. The van der Waals surface area contributed by atoms with Gasteiger partial charge in [0.15, 0.2) is 0 Å². The van der Waals surface area contributed by atoms with Crippen molar-refractivity contribution >= 4 is 11.8 Å². The molecule has 1 saturated carbocycles. The molecular formula is C20H28N2O2. The monoisotopic (exact) mass is 328 g/mol. The Balaban J connectivity index is 1.63. The van der Waals surface area contributed by atoms with Gasteiger partial charge in [-0.25, -0.2) is 0 Å². The highest BCUT2D eigenvalue weighted by Gasteiger charge is 2.22. The van der Waals surface area contributed by atoms with Gasteiger partial charge < -0.3 is 9.80 Å². The first-order chi connectivity index (χ1) is 11.6. The molecule has 24 heavy (non-hydrogen) atoms. The highest BCUT2D eigenvalue weighted by atomic mass is 16.2. The number of benzene rings is 1. The van der Waals surface area contributed by atoms with Gasteiger partial charge in [0.2, 0.25) is 5.91 Å². The Morgan fingerprint density at radius 2 is 1.46 bits per heavy atom. The lowest BCUT2D eigenvalue weighted by Gasteiger charge is -2.23. The molecule has 1 aromatic carbocycles. The zero-order chi connectivity index (χ0) is 16.9. The van der Waals surface area contributed by atoms with Gasteiger partial charge in [0, 0.05) is 38.7 Å². The summed E-state index contributed by atoms with van der Waals surface area (Å²) in [5.74, 6) is 0.863. The maximum absolute atomic E-state index is 12.7. The minimum atomic E-state index is 0.0931. The molecule has 2 amide bonds. The van der Waals surface area contributed by atoms with Crippen LogP contribution in [-0.2, 0) is 4.79 Å². The summed E-state index contributed by atoms with van der Waals surface area (Å²) in [5, 5.41) is 0. The molecular weight excluding hydrogens is 300 g/mol. The first-order valence-electron chi connectivity index (χ1n) is 9.30. The van der Waals surface area contributed by atoms with Crippen LogP contribution in [0.2, 0.25) is 0 Å². The predicted octanol–water partition coefficient (Wildman–Crippen LogP) is 3.43. The van der Waals surface area contributed by atoms with Gasteiger partial charge in [-0.05, 0) is 42.9 Å². The van der Waals surface area contributed by atoms with Crippen molar-refractivity contribution in [1.82, 2.24) is 9.80 Å². The number of amides is 2. The Bertz CT molecular complexity index is 576. The first-order valence-corrected chi connectivity index (χ1v) is 9.30. The Labute approximate surface area is 144 Å². The van der Waals surface area contributed by atoms with Crippen LogP contribution in [0.4, 0.5) is 0 Å². The van der Waals surface area contributed by atoms with Gasteiger partial charge in [0.1, 0.15) is 0 Å². The molecule has 1 aliphatic carbocycles. The molecule has 3 rings (SSSR count). The molecule has 130 valence electrons. The molecule has 1 aliphatic heterocycles. The van der Waals surface area contributed by atoms with Gasteiger partial charge in [-0.1, -0.05) is 31.4 Å². The number of nitrogens with zero attached hydrogens (tertiary/aromatic N) is 2. The third kappa shape index (κ3) is 3.97. The molecule has 1 aromatic rings. The van der Waals surface area contributed by atoms with Crippen LogP contribution in [-0.4, -0.2) is 47.8 Å². The highest BCUT2D eigenvalue weighted by molar-refractivity contribution is 5.94. The third-order valence-corrected chi connectivity index (χ3v) is 5.46. The Morgan fingerprint density at radius 3 is 2.12 bits per heavy atom. The Kier molecular flexibility index (Phi) is 5.54. The zero-order valence-electron chi connectivity index (χ0n) is 14.7. The molecule has 4 nitrogen and oxygen atoms in total. The van der Waals surface area contributed by atoms with Crippen molar-refractivity contribution in [2.75, 3.05) is 26.2 Å². The summed E-state index contributed by atoms with van der Waals surface area (Å²) in [5.41, 5.74) is 2.15. The SMILES string of the molecule is CC(=O)N1CCCN(C(=O)c2ccc(C3CCCCC3)cc2)CC1. The van der Waals surface area contributed by atoms with Gasteiger partial charge in [-0.15, -0.1) is 0 Å². The van der Waals surface area contributed by atoms with Crippen LogP contribution in [0.15, 0.2) is 24.3 Å². The fourth-order valence-electron chi connectivity index (χ4n) is 3.95. The fourth-order valence-corrected chi connectivity index (χ4v) is 3.95. The number of carbonyl (C=O) groups is 2. The van der Waals surface area contributed by atoms with E-state index in [0.717, 1.165) is 25.1 Å². The largest absolute Gasteiger partial charge is 0.341 e. The van der Waals surface area contributed by atoms with Crippen molar-refractivity contribution in [3.05, 3.63) is 35.4 Å². The molecule has 0 unspecified atom stereocenters. The quantitative estimate of drug-likeness (QED) is 0.834. The second-order valence-corrected chi connectivity index (χ2v) is 7.11. The van der Waals surface area contributed by atoms with Crippen LogP contribution in [0.3, 0.4) is 0 Å². The van der Waals surface area contributed by atoms with Crippen molar-refractivity contribution in [3.63, 3.8) is 0 Å². The Morgan fingerprint density at radius 1 is 0.833 bits per heavy atom. The van der Waals surface area contributed by atoms with E-state index in [1.807, 2.05) is 21.9 Å². The lowest BCUT2D eigenvalue weighted by molar-refractivity contribution is -0.128. The van der Waals surface area contributed by atoms with E-state index < -0.39 is 0 Å². The fraction of sp³-hybridized carbons (Fsp3) is 0.600. The van der Waals surface area contributed by atoms with E-state index in [2.05, 4.69) is 12.1 Å². The molecule has 0 radical (unpaired) electrons. The minimum absolute atomic E-state index is 0.0931. The summed E-state index contributed by atoms with van der Waals surface area (Å²) >= 11 is 0. The summed E-state index contributed by atoms with van der Waals surface area (Å²) in [6.45, 7) is 4.35. The molecule has 1 heterocycles. The lowest BCUT2D eigenvalue weighted by Crippen LogP contribution is -2.36. The average molecular weight is 328 g/mol. The van der Waals surface area contributed by atoms with Crippen LogP contribution in [0.25, 0.3) is 0 Å². The molecule has 0 spiro atoms. The number of rotatable bonds is 2. The van der Waals surface area contributed by atoms with E-state index in [-0.39, 0.29) is 11.8 Å². The highest BCUT2D eigenvalue weighted by Crippen LogP contribution is 2.32. The smallest absolute Gasteiger partial charge is 0.253 e. The van der Waals surface area contributed by atoms with Crippen molar-refractivity contribution in [3.8, 4) is 0 Å². The average Bonchev–Trinajstić information content (AvgIpc) is 2.88. The van der Waals surface area contributed by atoms with Crippen molar-refractivity contribution < 1.29 is 9.59 Å². The summed E-state index contributed by atoms with van der Waals surface area (Å²) < 4.78 is 0. The molecule has 4 heteroatoms. The van der Waals surface area contributed by atoms with E-state index in [1.54, 1.807) is 6.92 Å². The topological polar surface area (TPSA) is 40.6 Å². The number of hydrogen-bond acceptors (Lipinski definition) is 2. The minimum Gasteiger partial charge on any atom is -0.341 e. The van der Waals surface area contributed by atoms with Crippen molar-refractivity contribution in [1.29, 1.82) is 0 Å². The van der Waals surface area contributed by atoms with Gasteiger partial charge in [0.05, 0.1) is 0 Å². The van der Waals surface area contributed by atoms with Gasteiger partial charge >= 0.3 is 0 Å². The lowest BCUT2D eigenvalue weighted by atomic mass is 9.84. The molecule has 2 fully saturated rings. The van der Waals surface area contributed by atoms with Crippen LogP contribution < -0.4 is 0 Å². The molecule has 0 aromatic heterocycles. The van der Waals surface area contributed by atoms with E-state index in [4.69, 9.17) is 0 Å². The van der Waals surface area contributed by atoms with Gasteiger partial charge in [-0.2, -0.15) is 0 Å². The predicted molar refractivity (Wildman–Crippen MR) is 95.0 cm³/mol. The van der Waals surface area contributed by atoms with E-state index in [9.17, 15) is 9.59 Å². The summed E-state index contributed by atoms with van der Waals surface area (Å²) in [7, 11) is 0. The summed E-state index contributed by atoms with van der Waals surface area (Å²) in [6, 6.07) is 8.26. The maximum atomic E-state index is 12.7. The van der Waals surface area contributed by atoms with Crippen LogP contribution in [0.5, 0.6) is 0 Å². The standard InChI is InChI=1S/C20H28N2O2/c1-16(23)21-12-5-13-22(15-14-21)20(24)19-10-8-18(9-11-19)17-6-3-2-4-7-17/h8-11,17H,2-7,12-15H2,1H3. The molecule has 1 saturated heterocycles. The van der Waals surface area contributed by atoms with E-state index in [1.165, 1.54) is 37.7 Å². The number of hydrogen-bond donors (Lipinski definition) is 0. The van der Waals surface area contributed by atoms with Crippen molar-refractivity contribution in [2.24, 2.45) is 0 Å². The second-order valence-electron chi connectivity index (χ2n) is 7.11. The summed E-state index contributed by atoms with van der Waals surface area (Å²) in [6.07, 6.45) is 7.42. The molecule has 0 bridgehead atoms. The van der Waals surface area contributed by atoms with E-state index in [0.29, 0.717) is 19.0 Å². The zero-order valence-corrected chi connectivity index (χ0v) is 14.7. The third-order valence-electron chi connectivity index (χ3n) is 5.46. The molecule has 0 N–H and O–H groups in total. The normalized spacial score (nSPS) is 19.9. The van der Waals surface area contributed by atoms with Crippen molar-refractivity contribution in [2.45, 2.75) is 51.4 Å². The van der Waals surface area contributed by atoms with Crippen LogP contribution >= 0.6 is 0 Å². The first kappa shape index (κ1) is 17.0. The van der Waals surface area contributed by atoms with E-state index >= 15 is 0 Å². The Hall–Kier alpha value is -1.84. The van der Waals surface area contributed by atoms with Crippen LogP contribution in [0.1, 0.15) is 67.3 Å². The maximum Gasteiger partial charge on any atom is 0.253 e. The molecule has 2 aliphatic rings.